The van der Waals surface area contributed by atoms with Gasteiger partial charge in [0.05, 0.1) is 17.8 Å². The maximum absolute atomic E-state index is 11.7. The van der Waals surface area contributed by atoms with Gasteiger partial charge in [0, 0.05) is 24.0 Å². The van der Waals surface area contributed by atoms with Gasteiger partial charge in [-0.3, -0.25) is 9.59 Å². The lowest BCUT2D eigenvalue weighted by Gasteiger charge is -2.07. The van der Waals surface area contributed by atoms with Gasteiger partial charge in [0.15, 0.2) is 0 Å². The van der Waals surface area contributed by atoms with Crippen molar-refractivity contribution in [3.8, 4) is 5.75 Å². The van der Waals surface area contributed by atoms with Crippen molar-refractivity contribution in [2.75, 3.05) is 18.5 Å². The highest BCUT2D eigenvalue weighted by molar-refractivity contribution is 7.07. The third kappa shape index (κ3) is 7.80. The van der Waals surface area contributed by atoms with Gasteiger partial charge in [-0.1, -0.05) is 0 Å². The number of thiazole rings is 1. The topological polar surface area (TPSA) is 80.3 Å². The van der Waals surface area contributed by atoms with Crippen molar-refractivity contribution in [1.29, 1.82) is 0 Å². The normalized spacial score (nSPS) is 10.2. The van der Waals surface area contributed by atoms with E-state index in [4.69, 9.17) is 4.74 Å². The average molecular weight is 361 g/mol. The van der Waals surface area contributed by atoms with Crippen molar-refractivity contribution in [2.45, 2.75) is 32.1 Å². The minimum atomic E-state index is 0.0771. The number of anilines is 1. The minimum Gasteiger partial charge on any atom is -0.494 e. The number of amides is 2. The fourth-order valence-electron chi connectivity index (χ4n) is 2.23. The molecule has 134 valence electrons. The molecule has 1 heterocycles. The van der Waals surface area contributed by atoms with Crippen LogP contribution >= 0.6 is 11.3 Å². The Morgan fingerprint density at radius 1 is 1.20 bits per heavy atom. The van der Waals surface area contributed by atoms with Crippen molar-refractivity contribution in [2.24, 2.45) is 0 Å². The van der Waals surface area contributed by atoms with Crippen LogP contribution in [0.4, 0.5) is 5.69 Å². The third-order valence-electron chi connectivity index (χ3n) is 3.58. The van der Waals surface area contributed by atoms with Gasteiger partial charge < -0.3 is 15.4 Å². The molecular weight excluding hydrogens is 338 g/mol. The van der Waals surface area contributed by atoms with Crippen molar-refractivity contribution in [1.82, 2.24) is 10.3 Å². The molecule has 0 atom stereocenters. The second kappa shape index (κ2) is 11.2. The number of unbranched alkanes of at least 4 members (excludes halogenated alkanes) is 2. The largest absolute Gasteiger partial charge is 0.494 e. The van der Waals surface area contributed by atoms with E-state index in [1.807, 2.05) is 17.5 Å². The van der Waals surface area contributed by atoms with Crippen molar-refractivity contribution in [3.05, 3.63) is 40.8 Å². The molecule has 1 aromatic carbocycles. The zero-order valence-electron chi connectivity index (χ0n) is 14.1. The number of aryl methyl sites for hydroxylation is 1. The molecule has 0 bridgehead atoms. The van der Waals surface area contributed by atoms with Crippen LogP contribution < -0.4 is 15.4 Å². The average Bonchev–Trinajstić information content (AvgIpc) is 3.14. The molecule has 0 aliphatic heterocycles. The van der Waals surface area contributed by atoms with Crippen LogP contribution in [0.3, 0.4) is 0 Å². The van der Waals surface area contributed by atoms with Crippen molar-refractivity contribution >= 4 is 29.3 Å². The summed E-state index contributed by atoms with van der Waals surface area (Å²) in [5.41, 5.74) is 3.51. The monoisotopic (exact) mass is 361 g/mol. The summed E-state index contributed by atoms with van der Waals surface area (Å²) in [4.78, 5) is 26.2. The van der Waals surface area contributed by atoms with Gasteiger partial charge in [0.1, 0.15) is 5.75 Å². The standard InChI is InChI=1S/C18H23N3O3S/c22-13-20-15-4-7-17(8-5-15)24-11-3-1-2-10-19-18(23)9-6-16-12-25-14-21-16/h4-5,7-8,12-14H,1-3,6,9-11H2,(H,19,23)(H,20,22). The fourth-order valence-corrected chi connectivity index (χ4v) is 2.82. The van der Waals surface area contributed by atoms with Crippen LogP contribution in [0.5, 0.6) is 5.75 Å². The number of carbonyl (C=O) groups excluding carboxylic acids is 2. The molecule has 0 radical (unpaired) electrons. The first kappa shape index (κ1) is 18.9. The van der Waals surface area contributed by atoms with E-state index in [2.05, 4.69) is 15.6 Å². The summed E-state index contributed by atoms with van der Waals surface area (Å²) in [6.45, 7) is 1.33. The lowest BCUT2D eigenvalue weighted by Crippen LogP contribution is -2.24. The van der Waals surface area contributed by atoms with E-state index in [1.54, 1.807) is 29.0 Å². The Morgan fingerprint density at radius 2 is 2.04 bits per heavy atom. The maximum Gasteiger partial charge on any atom is 0.220 e. The number of ether oxygens (including phenoxy) is 1. The Balaban J connectivity index is 1.46. The zero-order valence-corrected chi connectivity index (χ0v) is 14.9. The third-order valence-corrected chi connectivity index (χ3v) is 4.22. The van der Waals surface area contributed by atoms with E-state index in [0.29, 0.717) is 32.4 Å². The summed E-state index contributed by atoms with van der Waals surface area (Å²) in [6, 6.07) is 7.25. The molecule has 2 rings (SSSR count). The molecule has 0 spiro atoms. The predicted molar refractivity (Wildman–Crippen MR) is 98.9 cm³/mol. The molecule has 0 saturated carbocycles. The SMILES string of the molecule is O=CNc1ccc(OCCCCCNC(=O)CCc2cscn2)cc1. The van der Waals surface area contributed by atoms with Gasteiger partial charge >= 0.3 is 0 Å². The lowest BCUT2D eigenvalue weighted by atomic mass is 10.2. The number of carbonyl (C=O) groups is 2. The van der Waals surface area contributed by atoms with Crippen LogP contribution in [0.2, 0.25) is 0 Å². The molecule has 0 fully saturated rings. The summed E-state index contributed by atoms with van der Waals surface area (Å²) in [6.07, 6.45) is 4.70. The van der Waals surface area contributed by atoms with Crippen LogP contribution in [0.15, 0.2) is 35.2 Å². The number of nitrogens with zero attached hydrogens (tertiary/aromatic N) is 1. The van der Waals surface area contributed by atoms with E-state index in [1.165, 1.54) is 0 Å². The van der Waals surface area contributed by atoms with Gasteiger partial charge in [0.25, 0.3) is 0 Å². The first-order chi connectivity index (χ1) is 12.3. The van der Waals surface area contributed by atoms with Gasteiger partial charge in [0.2, 0.25) is 12.3 Å². The Morgan fingerprint density at radius 3 is 2.76 bits per heavy atom. The number of hydrogen-bond acceptors (Lipinski definition) is 5. The fraction of sp³-hybridized carbons (Fsp3) is 0.389. The predicted octanol–water partition coefficient (Wildman–Crippen LogP) is 3.01. The van der Waals surface area contributed by atoms with Crippen molar-refractivity contribution in [3.63, 3.8) is 0 Å². The molecule has 25 heavy (non-hydrogen) atoms. The molecule has 0 unspecified atom stereocenters. The second-order valence-electron chi connectivity index (χ2n) is 5.53. The van der Waals surface area contributed by atoms with Gasteiger partial charge in [-0.2, -0.15) is 0 Å². The molecule has 0 saturated heterocycles. The highest BCUT2D eigenvalue weighted by Crippen LogP contribution is 2.15. The second-order valence-corrected chi connectivity index (χ2v) is 6.24. The van der Waals surface area contributed by atoms with Gasteiger partial charge in [-0.15, -0.1) is 11.3 Å². The Hall–Kier alpha value is -2.41. The molecule has 6 nitrogen and oxygen atoms in total. The summed E-state index contributed by atoms with van der Waals surface area (Å²) >= 11 is 1.55. The number of benzene rings is 1. The number of rotatable bonds is 12. The van der Waals surface area contributed by atoms with Crippen LogP contribution in [-0.4, -0.2) is 30.5 Å². The quantitative estimate of drug-likeness (QED) is 0.450. The summed E-state index contributed by atoms with van der Waals surface area (Å²) < 4.78 is 5.64. The molecule has 0 aliphatic carbocycles. The molecule has 2 amide bonds. The number of nitrogens with one attached hydrogen (secondary N) is 2. The minimum absolute atomic E-state index is 0.0771. The van der Waals surface area contributed by atoms with E-state index >= 15 is 0 Å². The van der Waals surface area contributed by atoms with Crippen LogP contribution in [0.25, 0.3) is 0 Å². The van der Waals surface area contributed by atoms with Gasteiger partial charge in [-0.25, -0.2) is 4.98 Å². The molecular formula is C18H23N3O3S. The molecule has 7 heteroatoms. The first-order valence-corrected chi connectivity index (χ1v) is 9.29. The maximum atomic E-state index is 11.7. The molecule has 0 aliphatic rings. The number of hydrogen-bond donors (Lipinski definition) is 2. The Bertz CT molecular complexity index is 630. The zero-order chi connectivity index (χ0) is 17.7. The van der Waals surface area contributed by atoms with Crippen LogP contribution in [0.1, 0.15) is 31.4 Å². The summed E-state index contributed by atoms with van der Waals surface area (Å²) in [5, 5.41) is 7.48. The molecule has 2 aromatic rings. The Kier molecular flexibility index (Phi) is 8.48. The summed E-state index contributed by atoms with van der Waals surface area (Å²) in [5.74, 6) is 0.861. The van der Waals surface area contributed by atoms with Crippen molar-refractivity contribution < 1.29 is 14.3 Å². The van der Waals surface area contributed by atoms with Gasteiger partial charge in [-0.05, 0) is 49.9 Å². The smallest absolute Gasteiger partial charge is 0.220 e. The van der Waals surface area contributed by atoms with Crippen LogP contribution in [0, 0.1) is 0 Å². The van der Waals surface area contributed by atoms with E-state index in [9.17, 15) is 9.59 Å². The summed E-state index contributed by atoms with van der Waals surface area (Å²) in [7, 11) is 0. The first-order valence-electron chi connectivity index (χ1n) is 8.35. The molecule has 1 aromatic heterocycles. The Labute approximate surface area is 151 Å². The highest BCUT2D eigenvalue weighted by atomic mass is 32.1. The molecule has 2 N–H and O–H groups in total. The van der Waals surface area contributed by atoms with E-state index < -0.39 is 0 Å². The highest BCUT2D eigenvalue weighted by Gasteiger charge is 2.03. The van der Waals surface area contributed by atoms with Crippen LogP contribution in [-0.2, 0) is 16.0 Å². The van der Waals surface area contributed by atoms with E-state index in [-0.39, 0.29) is 5.91 Å². The number of aromatic nitrogens is 1. The lowest BCUT2D eigenvalue weighted by molar-refractivity contribution is -0.121. The van der Waals surface area contributed by atoms with E-state index in [0.717, 1.165) is 36.4 Å².